The van der Waals surface area contributed by atoms with Gasteiger partial charge in [-0.3, -0.25) is 4.98 Å². The molecule has 3 rings (SSSR count). The maximum absolute atomic E-state index is 6.05. The molecule has 0 amide bonds. The van der Waals surface area contributed by atoms with Crippen molar-refractivity contribution in [1.29, 1.82) is 0 Å². The normalized spacial score (nSPS) is 17.5. The molecule has 1 fully saturated rings. The monoisotopic (exact) mass is 347 g/mol. The highest BCUT2D eigenvalue weighted by Gasteiger charge is 2.32. The van der Waals surface area contributed by atoms with Crippen LogP contribution in [0.1, 0.15) is 26.7 Å². The minimum absolute atomic E-state index is 0.348. The summed E-state index contributed by atoms with van der Waals surface area (Å²) in [6, 6.07) is 8.29. The maximum atomic E-state index is 6.05. The molecule has 2 aromatic rings. The van der Waals surface area contributed by atoms with E-state index in [1.165, 1.54) is 0 Å². The number of fused-ring (bicyclic) bond motifs is 1. The molecule has 1 aromatic carbocycles. The molecule has 0 spiro atoms. The van der Waals surface area contributed by atoms with Crippen molar-refractivity contribution in [2.45, 2.75) is 32.7 Å². The van der Waals surface area contributed by atoms with E-state index in [-0.39, 0.29) is 0 Å². The van der Waals surface area contributed by atoms with E-state index in [0.29, 0.717) is 11.5 Å². The smallest absolute Gasteiger partial charge is 0.0737 e. The van der Waals surface area contributed by atoms with Crippen LogP contribution in [0.2, 0.25) is 5.02 Å². The first kappa shape index (κ1) is 17.5. The van der Waals surface area contributed by atoms with Crippen molar-refractivity contribution in [2.24, 2.45) is 5.41 Å². The van der Waals surface area contributed by atoms with Crippen molar-refractivity contribution in [3.05, 3.63) is 35.5 Å². The Bertz CT molecular complexity index is 687. The quantitative estimate of drug-likeness (QED) is 0.706. The zero-order valence-corrected chi connectivity index (χ0v) is 15.2. The number of halogens is 1. The van der Waals surface area contributed by atoms with Crippen LogP contribution in [0.3, 0.4) is 0 Å². The second kappa shape index (κ2) is 7.68. The molecule has 4 nitrogen and oxygen atoms in total. The molecule has 1 unspecified atom stereocenters. The van der Waals surface area contributed by atoms with Gasteiger partial charge in [0.05, 0.1) is 18.7 Å². The van der Waals surface area contributed by atoms with Crippen molar-refractivity contribution in [3.63, 3.8) is 0 Å². The third-order valence-electron chi connectivity index (χ3n) is 4.55. The average molecular weight is 348 g/mol. The SMILES string of the molecule is CC(CCCNCC1(C)COC1)Nc1ccnc2cc(Cl)ccc12. The van der Waals surface area contributed by atoms with Crippen LogP contribution in [0.4, 0.5) is 5.69 Å². The predicted molar refractivity (Wildman–Crippen MR) is 101 cm³/mol. The highest BCUT2D eigenvalue weighted by Crippen LogP contribution is 2.26. The van der Waals surface area contributed by atoms with Gasteiger partial charge in [0.2, 0.25) is 0 Å². The lowest BCUT2D eigenvalue weighted by Crippen LogP contribution is -2.47. The molecule has 2 heterocycles. The Hall–Kier alpha value is -1.36. The Morgan fingerprint density at radius 2 is 2.17 bits per heavy atom. The number of anilines is 1. The van der Waals surface area contributed by atoms with Gasteiger partial charge in [0.15, 0.2) is 0 Å². The van der Waals surface area contributed by atoms with Gasteiger partial charge in [-0.1, -0.05) is 18.5 Å². The van der Waals surface area contributed by atoms with E-state index < -0.39 is 0 Å². The van der Waals surface area contributed by atoms with E-state index in [1.807, 2.05) is 30.5 Å². The molecule has 1 saturated heterocycles. The molecule has 130 valence electrons. The molecule has 1 aromatic heterocycles. The number of aromatic nitrogens is 1. The van der Waals surface area contributed by atoms with Gasteiger partial charge in [0.25, 0.3) is 0 Å². The van der Waals surface area contributed by atoms with Crippen LogP contribution in [0.15, 0.2) is 30.5 Å². The first-order chi connectivity index (χ1) is 11.6. The van der Waals surface area contributed by atoms with E-state index in [4.69, 9.17) is 16.3 Å². The van der Waals surface area contributed by atoms with Gasteiger partial charge in [-0.15, -0.1) is 0 Å². The van der Waals surface area contributed by atoms with E-state index in [1.54, 1.807) is 0 Å². The summed E-state index contributed by atoms with van der Waals surface area (Å²) in [4.78, 5) is 4.39. The predicted octanol–water partition coefficient (Wildman–Crippen LogP) is 4.09. The zero-order valence-electron chi connectivity index (χ0n) is 14.4. The second-order valence-corrected chi connectivity index (χ2v) is 7.62. The molecule has 0 saturated carbocycles. The zero-order chi connectivity index (χ0) is 17.0. The summed E-state index contributed by atoms with van der Waals surface area (Å²) in [5.41, 5.74) is 2.40. The van der Waals surface area contributed by atoms with Crippen LogP contribution in [0.25, 0.3) is 10.9 Å². The van der Waals surface area contributed by atoms with Crippen LogP contribution in [-0.2, 0) is 4.74 Å². The minimum Gasteiger partial charge on any atom is -0.382 e. The average Bonchev–Trinajstić information content (AvgIpc) is 2.52. The molecule has 1 aliphatic heterocycles. The number of nitrogens with zero attached hydrogens (tertiary/aromatic N) is 1. The molecule has 2 N–H and O–H groups in total. The molecular weight excluding hydrogens is 322 g/mol. The van der Waals surface area contributed by atoms with Crippen molar-refractivity contribution in [2.75, 3.05) is 31.6 Å². The van der Waals surface area contributed by atoms with Crippen molar-refractivity contribution in [3.8, 4) is 0 Å². The van der Waals surface area contributed by atoms with Crippen LogP contribution in [0.5, 0.6) is 0 Å². The standard InChI is InChI=1S/C19H26ClN3O/c1-14(4-3-8-21-11-19(2)12-24-13-19)23-17-7-9-22-18-10-15(20)5-6-16(17)18/h5-7,9-10,14,21H,3-4,8,11-13H2,1-2H3,(H,22,23). The lowest BCUT2D eigenvalue weighted by molar-refractivity contribution is -0.0989. The Morgan fingerprint density at radius 1 is 1.33 bits per heavy atom. The topological polar surface area (TPSA) is 46.2 Å². The van der Waals surface area contributed by atoms with E-state index in [9.17, 15) is 0 Å². The summed E-state index contributed by atoms with van der Waals surface area (Å²) < 4.78 is 5.28. The molecule has 1 atom stereocenters. The maximum Gasteiger partial charge on any atom is 0.0737 e. The van der Waals surface area contributed by atoms with Gasteiger partial charge >= 0.3 is 0 Å². The van der Waals surface area contributed by atoms with Crippen molar-refractivity contribution < 1.29 is 4.74 Å². The molecule has 1 aliphatic rings. The molecule has 0 aliphatic carbocycles. The number of nitrogens with one attached hydrogen (secondary N) is 2. The van der Waals surface area contributed by atoms with Crippen LogP contribution >= 0.6 is 11.6 Å². The van der Waals surface area contributed by atoms with Gasteiger partial charge in [-0.05, 0) is 50.6 Å². The fourth-order valence-electron chi connectivity index (χ4n) is 3.06. The summed E-state index contributed by atoms with van der Waals surface area (Å²) in [5, 5.41) is 8.99. The minimum atomic E-state index is 0.348. The van der Waals surface area contributed by atoms with Gasteiger partial charge in [0.1, 0.15) is 0 Å². The molecular formula is C19H26ClN3O. The number of hydrogen-bond donors (Lipinski definition) is 2. The highest BCUT2D eigenvalue weighted by atomic mass is 35.5. The lowest BCUT2D eigenvalue weighted by atomic mass is 9.89. The van der Waals surface area contributed by atoms with Crippen LogP contribution < -0.4 is 10.6 Å². The Morgan fingerprint density at radius 3 is 2.92 bits per heavy atom. The first-order valence-corrected chi connectivity index (χ1v) is 9.03. The van der Waals surface area contributed by atoms with Crippen LogP contribution in [-0.4, -0.2) is 37.3 Å². The molecule has 24 heavy (non-hydrogen) atoms. The summed E-state index contributed by atoms with van der Waals surface area (Å²) in [6.07, 6.45) is 4.11. The van der Waals surface area contributed by atoms with Gasteiger partial charge in [-0.2, -0.15) is 0 Å². The third-order valence-corrected chi connectivity index (χ3v) is 4.79. The van der Waals surface area contributed by atoms with Crippen molar-refractivity contribution in [1.82, 2.24) is 10.3 Å². The number of benzene rings is 1. The van der Waals surface area contributed by atoms with Gasteiger partial charge in [0, 0.05) is 40.3 Å². The largest absolute Gasteiger partial charge is 0.382 e. The number of ether oxygens (including phenoxy) is 1. The molecule has 0 bridgehead atoms. The van der Waals surface area contributed by atoms with Crippen LogP contribution in [0, 0.1) is 5.41 Å². The lowest BCUT2D eigenvalue weighted by Gasteiger charge is -2.38. The third kappa shape index (κ3) is 4.38. The Kier molecular flexibility index (Phi) is 5.59. The van der Waals surface area contributed by atoms with E-state index in [2.05, 4.69) is 29.5 Å². The highest BCUT2D eigenvalue weighted by molar-refractivity contribution is 6.31. The fourth-order valence-corrected chi connectivity index (χ4v) is 3.23. The summed E-state index contributed by atoms with van der Waals surface area (Å²) in [6.45, 7) is 8.37. The number of rotatable bonds is 8. The second-order valence-electron chi connectivity index (χ2n) is 7.19. The summed E-state index contributed by atoms with van der Waals surface area (Å²) >= 11 is 6.05. The fraction of sp³-hybridized carbons (Fsp3) is 0.526. The molecule has 5 heteroatoms. The Labute approximate surface area is 148 Å². The summed E-state index contributed by atoms with van der Waals surface area (Å²) in [7, 11) is 0. The Balaban J connectivity index is 1.45. The molecule has 0 radical (unpaired) electrons. The van der Waals surface area contributed by atoms with Gasteiger partial charge in [-0.25, -0.2) is 0 Å². The first-order valence-electron chi connectivity index (χ1n) is 8.65. The number of pyridine rings is 1. The van der Waals surface area contributed by atoms with E-state index >= 15 is 0 Å². The summed E-state index contributed by atoms with van der Waals surface area (Å²) in [5.74, 6) is 0. The number of hydrogen-bond acceptors (Lipinski definition) is 4. The van der Waals surface area contributed by atoms with E-state index in [0.717, 1.165) is 60.8 Å². The van der Waals surface area contributed by atoms with Gasteiger partial charge < -0.3 is 15.4 Å². The van der Waals surface area contributed by atoms with Crippen molar-refractivity contribution >= 4 is 28.2 Å².